The molecule has 1 amide bonds. The number of aliphatic carboxylic acids is 1. The number of carbonyl (C=O) groups is 2. The van der Waals surface area contributed by atoms with Gasteiger partial charge in [-0.15, -0.1) is 0 Å². The number of benzene rings is 1. The van der Waals surface area contributed by atoms with Crippen molar-refractivity contribution in [1.29, 1.82) is 0 Å². The van der Waals surface area contributed by atoms with Gasteiger partial charge in [-0.05, 0) is 57.6 Å². The summed E-state index contributed by atoms with van der Waals surface area (Å²) in [5.41, 5.74) is 1.37. The Labute approximate surface area is 159 Å². The van der Waals surface area contributed by atoms with E-state index in [1.165, 1.54) is 4.31 Å². The van der Waals surface area contributed by atoms with Gasteiger partial charge in [-0.2, -0.15) is 4.31 Å². The molecule has 1 heterocycles. The minimum Gasteiger partial charge on any atom is -0.480 e. The number of carbonyl (C=O) groups excluding carboxylic acids is 1. The van der Waals surface area contributed by atoms with Crippen LogP contribution in [0.15, 0.2) is 17.0 Å². The molecule has 1 saturated heterocycles. The van der Waals surface area contributed by atoms with Crippen LogP contribution in [0.25, 0.3) is 0 Å². The van der Waals surface area contributed by atoms with Crippen LogP contribution in [-0.4, -0.2) is 48.3 Å². The second-order valence-corrected chi connectivity index (χ2v) is 9.66. The van der Waals surface area contributed by atoms with Crippen molar-refractivity contribution < 1.29 is 23.1 Å². The molecule has 0 spiro atoms. The zero-order valence-electron chi connectivity index (χ0n) is 15.9. The van der Waals surface area contributed by atoms with Crippen molar-refractivity contribution in [3.8, 4) is 0 Å². The predicted octanol–water partition coefficient (Wildman–Crippen LogP) is 1.75. The van der Waals surface area contributed by atoms with Crippen molar-refractivity contribution >= 4 is 21.9 Å². The van der Waals surface area contributed by atoms with Gasteiger partial charge < -0.3 is 10.4 Å². The highest BCUT2D eigenvalue weighted by Gasteiger charge is 2.52. The third-order valence-corrected chi connectivity index (χ3v) is 7.75. The van der Waals surface area contributed by atoms with Gasteiger partial charge in [-0.25, -0.2) is 13.2 Å². The monoisotopic (exact) mass is 394 g/mol. The highest BCUT2D eigenvalue weighted by atomic mass is 32.2. The summed E-state index contributed by atoms with van der Waals surface area (Å²) in [6.07, 6.45) is 1.69. The highest BCUT2D eigenvalue weighted by molar-refractivity contribution is 7.89. The molecule has 2 N–H and O–H groups in total. The maximum absolute atomic E-state index is 13.1. The molecule has 0 unspecified atom stereocenters. The molecule has 148 valence electrons. The van der Waals surface area contributed by atoms with E-state index in [1.54, 1.807) is 13.8 Å². The number of piperidine rings is 1. The molecular weight excluding hydrogens is 368 g/mol. The van der Waals surface area contributed by atoms with Crippen molar-refractivity contribution in [3.63, 3.8) is 0 Å². The van der Waals surface area contributed by atoms with Crippen LogP contribution in [0, 0.1) is 26.7 Å². The molecule has 2 fully saturated rings. The largest absolute Gasteiger partial charge is 0.480 e. The summed E-state index contributed by atoms with van der Waals surface area (Å²) >= 11 is 0. The Kier molecular flexibility index (Phi) is 5.07. The lowest BCUT2D eigenvalue weighted by Crippen LogP contribution is -2.48. The Morgan fingerprint density at radius 2 is 1.63 bits per heavy atom. The topological polar surface area (TPSA) is 104 Å². The summed E-state index contributed by atoms with van der Waals surface area (Å²) in [4.78, 5) is 24.0. The van der Waals surface area contributed by atoms with E-state index in [0.717, 1.165) is 16.7 Å². The van der Waals surface area contributed by atoms with Crippen LogP contribution in [0.3, 0.4) is 0 Å². The summed E-state index contributed by atoms with van der Waals surface area (Å²) < 4.78 is 27.6. The van der Waals surface area contributed by atoms with Crippen LogP contribution in [0.5, 0.6) is 0 Å². The van der Waals surface area contributed by atoms with Crippen molar-refractivity contribution in [1.82, 2.24) is 9.62 Å². The van der Waals surface area contributed by atoms with Crippen LogP contribution in [-0.2, 0) is 19.6 Å². The quantitative estimate of drug-likeness (QED) is 0.792. The van der Waals surface area contributed by atoms with Gasteiger partial charge in [0, 0.05) is 19.0 Å². The Bertz CT molecular complexity index is 858. The van der Waals surface area contributed by atoms with Crippen LogP contribution in [0.2, 0.25) is 0 Å². The number of nitrogens with zero attached hydrogens (tertiary/aromatic N) is 1. The van der Waals surface area contributed by atoms with Crippen molar-refractivity contribution in [2.45, 2.75) is 56.9 Å². The molecule has 7 nitrogen and oxygen atoms in total. The first-order valence-electron chi connectivity index (χ1n) is 9.20. The summed E-state index contributed by atoms with van der Waals surface area (Å²) in [5.74, 6) is -1.63. The minimum atomic E-state index is -3.62. The number of sulfonamides is 1. The second-order valence-electron chi connectivity index (χ2n) is 7.78. The molecule has 8 heteroatoms. The van der Waals surface area contributed by atoms with E-state index in [9.17, 15) is 23.1 Å². The zero-order valence-corrected chi connectivity index (χ0v) is 16.7. The second kappa shape index (κ2) is 6.91. The number of rotatable bonds is 5. The zero-order chi connectivity index (χ0) is 20.0. The first kappa shape index (κ1) is 19.8. The molecule has 27 heavy (non-hydrogen) atoms. The van der Waals surface area contributed by atoms with Gasteiger partial charge in [0.15, 0.2) is 0 Å². The van der Waals surface area contributed by atoms with Gasteiger partial charge in [-0.1, -0.05) is 17.7 Å². The first-order chi connectivity index (χ1) is 12.6. The van der Waals surface area contributed by atoms with Gasteiger partial charge in [0.05, 0.1) is 4.90 Å². The summed E-state index contributed by atoms with van der Waals surface area (Å²) in [6, 6.07) is 3.72. The molecule has 0 aromatic heterocycles. The van der Waals surface area contributed by atoms with Crippen molar-refractivity contribution in [3.05, 3.63) is 28.8 Å². The minimum absolute atomic E-state index is 0.257. The Morgan fingerprint density at radius 1 is 1.11 bits per heavy atom. The van der Waals surface area contributed by atoms with Gasteiger partial charge in [0.2, 0.25) is 15.9 Å². The van der Waals surface area contributed by atoms with Gasteiger partial charge in [-0.3, -0.25) is 4.79 Å². The highest BCUT2D eigenvalue weighted by Crippen LogP contribution is 2.36. The SMILES string of the molecule is Cc1cc(C)c(S(=O)(=O)N2CCC(C(=O)NC3(C(=O)O)CC3)CC2)c(C)c1. The number of nitrogens with one attached hydrogen (secondary N) is 1. The van der Waals surface area contributed by atoms with Crippen LogP contribution >= 0.6 is 0 Å². The average Bonchev–Trinajstić information content (AvgIpc) is 3.34. The van der Waals surface area contributed by atoms with Crippen LogP contribution in [0.1, 0.15) is 42.4 Å². The normalized spacial score (nSPS) is 20.3. The van der Waals surface area contributed by atoms with E-state index >= 15 is 0 Å². The maximum Gasteiger partial charge on any atom is 0.329 e. The van der Waals surface area contributed by atoms with E-state index in [2.05, 4.69) is 5.32 Å². The smallest absolute Gasteiger partial charge is 0.329 e. The number of hydrogen-bond donors (Lipinski definition) is 2. The Balaban J connectivity index is 1.68. The summed E-state index contributed by atoms with van der Waals surface area (Å²) in [5, 5.41) is 11.8. The van der Waals surface area contributed by atoms with Crippen molar-refractivity contribution in [2.24, 2.45) is 5.92 Å². The lowest BCUT2D eigenvalue weighted by atomic mass is 9.96. The molecule has 1 saturated carbocycles. The number of amides is 1. The van der Waals surface area contributed by atoms with Gasteiger partial charge in [0.25, 0.3) is 0 Å². The molecule has 1 aromatic carbocycles. The molecule has 0 radical (unpaired) electrons. The maximum atomic E-state index is 13.1. The van der Waals surface area contributed by atoms with E-state index < -0.39 is 21.5 Å². The van der Waals surface area contributed by atoms with Crippen LogP contribution in [0.4, 0.5) is 0 Å². The lowest BCUT2D eigenvalue weighted by Gasteiger charge is -2.32. The average molecular weight is 394 g/mol. The lowest BCUT2D eigenvalue weighted by molar-refractivity contribution is -0.144. The van der Waals surface area contributed by atoms with E-state index in [0.29, 0.717) is 30.6 Å². The van der Waals surface area contributed by atoms with E-state index in [4.69, 9.17) is 0 Å². The van der Waals surface area contributed by atoms with Crippen molar-refractivity contribution in [2.75, 3.05) is 13.1 Å². The molecule has 1 aliphatic carbocycles. The predicted molar refractivity (Wildman–Crippen MR) is 99.9 cm³/mol. The third-order valence-electron chi connectivity index (χ3n) is 5.55. The Hall–Kier alpha value is -1.93. The number of hydrogen-bond acceptors (Lipinski definition) is 4. The molecule has 0 bridgehead atoms. The third kappa shape index (κ3) is 3.73. The molecule has 1 aromatic rings. The van der Waals surface area contributed by atoms with Gasteiger partial charge >= 0.3 is 5.97 Å². The molecule has 1 aliphatic heterocycles. The van der Waals surface area contributed by atoms with E-state index in [-0.39, 0.29) is 24.9 Å². The molecular formula is C19H26N2O5S. The van der Waals surface area contributed by atoms with Gasteiger partial charge in [0.1, 0.15) is 5.54 Å². The fourth-order valence-corrected chi connectivity index (χ4v) is 5.80. The molecule has 2 aliphatic rings. The molecule has 0 atom stereocenters. The standard InChI is InChI=1S/C19H26N2O5S/c1-12-10-13(2)16(14(3)11-12)27(25,26)21-8-4-15(5-9-21)17(22)20-19(6-7-19)18(23)24/h10-11,15H,4-9H2,1-3H3,(H,20,22)(H,23,24). The number of carboxylic acid groups (broad SMARTS) is 1. The number of carboxylic acids is 1. The fraction of sp³-hybridized carbons (Fsp3) is 0.579. The van der Waals surface area contributed by atoms with E-state index in [1.807, 2.05) is 19.1 Å². The summed E-state index contributed by atoms with van der Waals surface area (Å²) in [6.45, 7) is 6.05. The fourth-order valence-electron chi connectivity index (χ4n) is 3.92. The Morgan fingerprint density at radius 3 is 2.07 bits per heavy atom. The first-order valence-corrected chi connectivity index (χ1v) is 10.6. The number of aryl methyl sites for hydroxylation is 3. The van der Waals surface area contributed by atoms with Crippen LogP contribution < -0.4 is 5.32 Å². The summed E-state index contributed by atoms with van der Waals surface area (Å²) in [7, 11) is -3.62. The molecule has 3 rings (SSSR count).